The Morgan fingerprint density at radius 3 is 2.15 bits per heavy atom. The Hall–Kier alpha value is -4.61. The average molecular weight is 561 g/mol. The molecule has 0 radical (unpaired) electrons. The second-order valence-electron chi connectivity index (χ2n) is 8.58. The smallest absolute Gasteiger partial charge is 0.341 e. The molecule has 11 heteroatoms. The van der Waals surface area contributed by atoms with E-state index in [1.807, 2.05) is 0 Å². The van der Waals surface area contributed by atoms with Gasteiger partial charge in [-0.3, -0.25) is 19.1 Å². The van der Waals surface area contributed by atoms with Gasteiger partial charge in [0.1, 0.15) is 4.21 Å². The molecule has 1 amide bonds. The van der Waals surface area contributed by atoms with Crippen molar-refractivity contribution >= 4 is 56.2 Å². The van der Waals surface area contributed by atoms with E-state index in [0.29, 0.717) is 5.56 Å². The maximum atomic E-state index is 13.0. The zero-order valence-corrected chi connectivity index (χ0v) is 22.0. The first-order valence-corrected chi connectivity index (χ1v) is 14.0. The molecular formula is C28H20N2O7S2. The molecule has 0 saturated heterocycles. The lowest BCUT2D eigenvalue weighted by atomic mass is 9.84. The van der Waals surface area contributed by atoms with Gasteiger partial charge in [0.25, 0.3) is 15.9 Å². The highest BCUT2D eigenvalue weighted by Crippen LogP contribution is 2.29. The number of amides is 1. The first kappa shape index (κ1) is 26.0. The number of esters is 1. The van der Waals surface area contributed by atoms with Crippen LogP contribution in [0.15, 0.2) is 88.5 Å². The molecule has 9 nitrogen and oxygen atoms in total. The lowest BCUT2D eigenvalue weighted by Gasteiger charge is -2.19. The number of sulfonamides is 1. The summed E-state index contributed by atoms with van der Waals surface area (Å²) in [6, 6.07) is 19.8. The molecule has 0 bridgehead atoms. The SMILES string of the molecule is C[C@@H](OC(=O)c1ccccc1NS(=O)(=O)c1cccs1)C(=O)Nc1ccc2c(c1)C(=O)c1ccccc1C2=O. The lowest BCUT2D eigenvalue weighted by Crippen LogP contribution is -2.30. The number of benzene rings is 3. The molecule has 2 N–H and O–H groups in total. The van der Waals surface area contributed by atoms with Gasteiger partial charge in [0, 0.05) is 27.9 Å². The van der Waals surface area contributed by atoms with Gasteiger partial charge in [-0.25, -0.2) is 13.2 Å². The highest BCUT2D eigenvalue weighted by atomic mass is 32.2. The van der Waals surface area contributed by atoms with Crippen molar-refractivity contribution in [3.8, 4) is 0 Å². The van der Waals surface area contributed by atoms with Crippen LogP contribution >= 0.6 is 11.3 Å². The van der Waals surface area contributed by atoms with Crippen LogP contribution in [0, 0.1) is 0 Å². The van der Waals surface area contributed by atoms with Crippen LogP contribution in [0.2, 0.25) is 0 Å². The largest absolute Gasteiger partial charge is 0.449 e. The van der Waals surface area contributed by atoms with Crippen LogP contribution < -0.4 is 10.0 Å². The minimum absolute atomic E-state index is 0.00153. The number of ketones is 2. The van der Waals surface area contributed by atoms with Crippen LogP contribution in [0.25, 0.3) is 0 Å². The quantitative estimate of drug-likeness (QED) is 0.280. The summed E-state index contributed by atoms with van der Waals surface area (Å²) < 4.78 is 33.0. The van der Waals surface area contributed by atoms with Crippen molar-refractivity contribution in [3.63, 3.8) is 0 Å². The van der Waals surface area contributed by atoms with Gasteiger partial charge in [0.15, 0.2) is 17.7 Å². The number of nitrogens with one attached hydrogen (secondary N) is 2. The fraction of sp³-hybridized carbons (Fsp3) is 0.0714. The van der Waals surface area contributed by atoms with Crippen molar-refractivity contribution in [2.24, 2.45) is 0 Å². The molecule has 196 valence electrons. The lowest BCUT2D eigenvalue weighted by molar-refractivity contribution is -0.123. The molecular weight excluding hydrogens is 540 g/mol. The van der Waals surface area contributed by atoms with Crippen LogP contribution in [-0.4, -0.2) is 38.0 Å². The third kappa shape index (κ3) is 5.09. The predicted octanol–water partition coefficient (Wildman–Crippen LogP) is 4.51. The molecule has 1 aliphatic rings. The minimum Gasteiger partial charge on any atom is -0.449 e. The summed E-state index contributed by atoms with van der Waals surface area (Å²) in [6.07, 6.45) is -1.27. The molecule has 1 aromatic heterocycles. The molecule has 3 aromatic carbocycles. The molecule has 1 heterocycles. The Morgan fingerprint density at radius 2 is 1.46 bits per heavy atom. The van der Waals surface area contributed by atoms with Crippen molar-refractivity contribution in [3.05, 3.63) is 112 Å². The normalized spacial score (nSPS) is 13.2. The fourth-order valence-electron chi connectivity index (χ4n) is 4.06. The summed E-state index contributed by atoms with van der Waals surface area (Å²) in [5, 5.41) is 4.20. The van der Waals surface area contributed by atoms with E-state index in [1.54, 1.807) is 41.8 Å². The summed E-state index contributed by atoms with van der Waals surface area (Å²) in [5.74, 6) is -2.22. The van der Waals surface area contributed by atoms with Crippen LogP contribution in [-0.2, 0) is 19.6 Å². The van der Waals surface area contributed by atoms with E-state index in [9.17, 15) is 27.6 Å². The highest BCUT2D eigenvalue weighted by Gasteiger charge is 2.30. The van der Waals surface area contributed by atoms with Crippen molar-refractivity contribution in [2.45, 2.75) is 17.2 Å². The van der Waals surface area contributed by atoms with Crippen LogP contribution in [0.5, 0.6) is 0 Å². The van der Waals surface area contributed by atoms with Crippen molar-refractivity contribution in [1.29, 1.82) is 0 Å². The maximum Gasteiger partial charge on any atom is 0.341 e. The molecule has 0 unspecified atom stereocenters. The fourth-order valence-corrected chi connectivity index (χ4v) is 6.13. The Balaban J connectivity index is 1.29. The molecule has 0 fully saturated rings. The summed E-state index contributed by atoms with van der Waals surface area (Å²) in [5.41, 5.74) is 1.17. The van der Waals surface area contributed by atoms with Crippen molar-refractivity contribution < 1.29 is 32.3 Å². The van der Waals surface area contributed by atoms with Gasteiger partial charge in [0.05, 0.1) is 11.3 Å². The molecule has 4 aromatic rings. The third-order valence-electron chi connectivity index (χ3n) is 6.00. The number of fused-ring (bicyclic) bond motifs is 2. The monoisotopic (exact) mass is 560 g/mol. The first-order chi connectivity index (χ1) is 18.7. The molecule has 0 aliphatic heterocycles. The van der Waals surface area contributed by atoms with Gasteiger partial charge in [-0.2, -0.15) is 0 Å². The van der Waals surface area contributed by atoms with E-state index in [0.717, 1.165) is 11.3 Å². The Bertz CT molecular complexity index is 1750. The standard InChI is InChI=1S/C28H20N2O7S2/c1-16(37-28(34)21-9-4-5-10-23(21)30-39(35,36)24-11-6-14-38-24)27(33)29-17-12-13-20-22(15-17)26(32)19-8-3-2-7-18(19)25(20)31/h2-16,30H,1H3,(H,29,33)/t16-/m1/s1. The van der Waals surface area contributed by atoms with Gasteiger partial charge in [0.2, 0.25) is 0 Å². The summed E-state index contributed by atoms with van der Waals surface area (Å²) in [7, 11) is -3.92. The molecule has 39 heavy (non-hydrogen) atoms. The van der Waals surface area contributed by atoms with Gasteiger partial charge in [-0.05, 0) is 48.7 Å². The van der Waals surface area contributed by atoms with Gasteiger partial charge in [-0.1, -0.05) is 42.5 Å². The predicted molar refractivity (Wildman–Crippen MR) is 145 cm³/mol. The van der Waals surface area contributed by atoms with Crippen molar-refractivity contribution in [2.75, 3.05) is 10.0 Å². The second-order valence-corrected chi connectivity index (χ2v) is 11.4. The molecule has 5 rings (SSSR count). The van der Waals surface area contributed by atoms with Gasteiger partial charge < -0.3 is 10.1 Å². The number of hydrogen-bond acceptors (Lipinski definition) is 8. The second kappa shape index (κ2) is 10.3. The van der Waals surface area contributed by atoms with E-state index >= 15 is 0 Å². The molecule has 1 aliphatic carbocycles. The van der Waals surface area contributed by atoms with Crippen LogP contribution in [0.3, 0.4) is 0 Å². The van der Waals surface area contributed by atoms with E-state index < -0.39 is 28.0 Å². The number of carbonyl (C=O) groups excluding carboxylic acids is 4. The summed E-state index contributed by atoms with van der Waals surface area (Å²) in [6.45, 7) is 1.36. The Kier molecular flexibility index (Phi) is 6.85. The number of para-hydroxylation sites is 1. The number of ether oxygens (including phenoxy) is 1. The maximum absolute atomic E-state index is 13.0. The number of anilines is 2. The zero-order chi connectivity index (χ0) is 27.7. The van der Waals surface area contributed by atoms with E-state index in [-0.39, 0.29) is 49.4 Å². The highest BCUT2D eigenvalue weighted by molar-refractivity contribution is 7.94. The summed E-state index contributed by atoms with van der Waals surface area (Å²) in [4.78, 5) is 51.4. The Morgan fingerprint density at radius 1 is 0.821 bits per heavy atom. The van der Waals surface area contributed by atoms with Gasteiger partial charge >= 0.3 is 5.97 Å². The summed E-state index contributed by atoms with van der Waals surface area (Å²) >= 11 is 1.02. The third-order valence-corrected chi connectivity index (χ3v) is 8.76. The van der Waals surface area contributed by atoms with Crippen LogP contribution in [0.4, 0.5) is 11.4 Å². The van der Waals surface area contributed by atoms with Crippen LogP contribution in [0.1, 0.15) is 49.1 Å². The van der Waals surface area contributed by atoms with E-state index in [4.69, 9.17) is 4.74 Å². The molecule has 1 atom stereocenters. The Labute approximate surface area is 227 Å². The van der Waals surface area contributed by atoms with Crippen molar-refractivity contribution in [1.82, 2.24) is 0 Å². The average Bonchev–Trinajstić information content (AvgIpc) is 3.48. The number of hydrogen-bond donors (Lipinski definition) is 2. The zero-order valence-electron chi connectivity index (χ0n) is 20.3. The molecule has 0 saturated carbocycles. The topological polar surface area (TPSA) is 136 Å². The molecule has 0 spiro atoms. The van der Waals surface area contributed by atoms with E-state index in [2.05, 4.69) is 10.0 Å². The number of thiophene rings is 1. The minimum atomic E-state index is -3.92. The van der Waals surface area contributed by atoms with E-state index in [1.165, 1.54) is 49.4 Å². The van der Waals surface area contributed by atoms with Gasteiger partial charge in [-0.15, -0.1) is 11.3 Å². The number of rotatable bonds is 7. The first-order valence-electron chi connectivity index (χ1n) is 11.7. The number of carbonyl (C=O) groups is 4.